The Kier molecular flexibility index (Phi) is 4.49. The van der Waals surface area contributed by atoms with Crippen molar-refractivity contribution in [2.24, 2.45) is 10.9 Å². The summed E-state index contributed by atoms with van der Waals surface area (Å²) in [4.78, 5) is 4.59. The van der Waals surface area contributed by atoms with Crippen LogP contribution in [-0.4, -0.2) is 18.9 Å². The zero-order valence-electron chi connectivity index (χ0n) is 9.80. The van der Waals surface area contributed by atoms with E-state index in [-0.39, 0.29) is 0 Å². The molecular formula is C13H24N2. The highest BCUT2D eigenvalue weighted by atomic mass is 15.0. The van der Waals surface area contributed by atoms with Crippen molar-refractivity contribution in [3.63, 3.8) is 0 Å². The Morgan fingerprint density at radius 3 is 2.80 bits per heavy atom. The van der Waals surface area contributed by atoms with Crippen molar-refractivity contribution in [3.05, 3.63) is 0 Å². The summed E-state index contributed by atoms with van der Waals surface area (Å²) in [5.74, 6) is 2.29. The molecule has 2 nitrogen and oxygen atoms in total. The van der Waals surface area contributed by atoms with E-state index in [1.807, 2.05) is 0 Å². The summed E-state index contributed by atoms with van der Waals surface area (Å²) < 4.78 is 0. The molecule has 0 aromatic rings. The molecule has 1 heterocycles. The van der Waals surface area contributed by atoms with Crippen LogP contribution in [0.4, 0.5) is 0 Å². The molecule has 0 saturated heterocycles. The quantitative estimate of drug-likeness (QED) is 0.757. The van der Waals surface area contributed by atoms with E-state index in [4.69, 9.17) is 0 Å². The molecule has 2 rings (SSSR count). The van der Waals surface area contributed by atoms with E-state index in [1.165, 1.54) is 63.6 Å². The van der Waals surface area contributed by atoms with Crippen LogP contribution in [0.15, 0.2) is 4.99 Å². The van der Waals surface area contributed by atoms with Gasteiger partial charge in [-0.25, -0.2) is 0 Å². The first-order valence-corrected chi connectivity index (χ1v) is 6.72. The molecule has 0 radical (unpaired) electrons. The molecular weight excluding hydrogens is 184 g/mol. The van der Waals surface area contributed by atoms with E-state index in [1.54, 1.807) is 0 Å². The monoisotopic (exact) mass is 208 g/mol. The molecule has 2 aliphatic rings. The highest BCUT2D eigenvalue weighted by molar-refractivity contribution is 5.82. The van der Waals surface area contributed by atoms with E-state index in [0.717, 1.165) is 19.0 Å². The average Bonchev–Trinajstić information content (AvgIpc) is 2.62. The van der Waals surface area contributed by atoms with Gasteiger partial charge in [0.05, 0.1) is 5.84 Å². The molecule has 0 aromatic carbocycles. The number of nitrogens with one attached hydrogen (secondary N) is 1. The third-order valence-electron chi connectivity index (χ3n) is 3.73. The molecule has 1 aliphatic heterocycles. The molecule has 0 unspecified atom stereocenters. The summed E-state index contributed by atoms with van der Waals surface area (Å²) in [6, 6.07) is 0. The fourth-order valence-electron chi connectivity index (χ4n) is 2.74. The second-order valence-electron chi connectivity index (χ2n) is 5.01. The van der Waals surface area contributed by atoms with Crippen LogP contribution in [-0.2, 0) is 0 Å². The van der Waals surface area contributed by atoms with Crippen LogP contribution in [0.5, 0.6) is 0 Å². The van der Waals surface area contributed by atoms with Crippen molar-refractivity contribution >= 4 is 5.84 Å². The zero-order chi connectivity index (χ0) is 10.3. The van der Waals surface area contributed by atoms with Crippen molar-refractivity contribution in [3.8, 4) is 0 Å². The normalized spacial score (nSPS) is 23.6. The van der Waals surface area contributed by atoms with Gasteiger partial charge >= 0.3 is 0 Å². The Hall–Kier alpha value is -0.530. The summed E-state index contributed by atoms with van der Waals surface area (Å²) in [5, 5.41) is 3.54. The van der Waals surface area contributed by atoms with Gasteiger partial charge in [-0.3, -0.25) is 4.99 Å². The van der Waals surface area contributed by atoms with Crippen LogP contribution in [0.25, 0.3) is 0 Å². The second-order valence-corrected chi connectivity index (χ2v) is 5.01. The standard InChI is InChI=1S/C13H24N2/c1-2-8-13(14-10-5-1)15-11-9-12-6-3-4-7-12/h12H,1-11H2,(H,14,15). The number of rotatable bonds is 3. The Morgan fingerprint density at radius 1 is 1.07 bits per heavy atom. The van der Waals surface area contributed by atoms with Gasteiger partial charge < -0.3 is 5.32 Å². The van der Waals surface area contributed by atoms with Gasteiger partial charge in [-0.15, -0.1) is 0 Å². The molecule has 0 spiro atoms. The molecule has 0 atom stereocenters. The third-order valence-corrected chi connectivity index (χ3v) is 3.73. The maximum Gasteiger partial charge on any atom is 0.0963 e. The maximum absolute atomic E-state index is 4.59. The Bertz CT molecular complexity index is 205. The Balaban J connectivity index is 1.61. The molecule has 1 N–H and O–H groups in total. The first-order valence-electron chi connectivity index (χ1n) is 6.72. The van der Waals surface area contributed by atoms with Crippen molar-refractivity contribution in [1.82, 2.24) is 5.32 Å². The molecule has 0 amide bonds. The fourth-order valence-corrected chi connectivity index (χ4v) is 2.74. The van der Waals surface area contributed by atoms with Crippen LogP contribution < -0.4 is 5.32 Å². The topological polar surface area (TPSA) is 24.4 Å². The average molecular weight is 208 g/mol. The van der Waals surface area contributed by atoms with Gasteiger partial charge in [-0.1, -0.05) is 32.1 Å². The Labute approximate surface area is 93.6 Å². The largest absolute Gasteiger partial charge is 0.374 e. The van der Waals surface area contributed by atoms with Crippen molar-refractivity contribution in [1.29, 1.82) is 0 Å². The van der Waals surface area contributed by atoms with Gasteiger partial charge in [0.1, 0.15) is 0 Å². The van der Waals surface area contributed by atoms with Crippen LogP contribution >= 0.6 is 0 Å². The number of nitrogens with zero attached hydrogens (tertiary/aromatic N) is 1. The lowest BCUT2D eigenvalue weighted by Crippen LogP contribution is -2.25. The highest BCUT2D eigenvalue weighted by Gasteiger charge is 2.14. The molecule has 86 valence electrons. The first-order chi connectivity index (χ1) is 7.45. The molecule has 1 fully saturated rings. The summed E-state index contributed by atoms with van der Waals surface area (Å²) in [6.45, 7) is 2.20. The number of amidine groups is 1. The molecule has 0 bridgehead atoms. The molecule has 1 saturated carbocycles. The molecule has 15 heavy (non-hydrogen) atoms. The lowest BCUT2D eigenvalue weighted by molar-refractivity contribution is 0.499. The zero-order valence-corrected chi connectivity index (χ0v) is 9.80. The molecule has 1 aliphatic carbocycles. The maximum atomic E-state index is 4.59. The molecule has 2 heteroatoms. The summed E-state index contributed by atoms with van der Waals surface area (Å²) in [5.41, 5.74) is 0. The predicted molar refractivity (Wildman–Crippen MR) is 65.3 cm³/mol. The van der Waals surface area contributed by atoms with Crippen LogP contribution in [0, 0.1) is 5.92 Å². The lowest BCUT2D eigenvalue weighted by atomic mass is 10.0. The predicted octanol–water partition coefficient (Wildman–Crippen LogP) is 3.13. The van der Waals surface area contributed by atoms with Gasteiger partial charge in [0.25, 0.3) is 0 Å². The fraction of sp³-hybridized carbons (Fsp3) is 0.923. The van der Waals surface area contributed by atoms with Crippen LogP contribution in [0.3, 0.4) is 0 Å². The molecule has 0 aromatic heterocycles. The van der Waals surface area contributed by atoms with Crippen LogP contribution in [0.2, 0.25) is 0 Å². The first kappa shape index (κ1) is 11.0. The minimum Gasteiger partial charge on any atom is -0.374 e. The van der Waals surface area contributed by atoms with Gasteiger partial charge in [0.15, 0.2) is 0 Å². The SMILES string of the molecule is C1CCN=C(NCCC2CCCC2)CC1. The van der Waals surface area contributed by atoms with Crippen LogP contribution in [0.1, 0.15) is 57.8 Å². The second kappa shape index (κ2) is 6.14. The van der Waals surface area contributed by atoms with Crippen molar-refractivity contribution in [2.75, 3.05) is 13.1 Å². The van der Waals surface area contributed by atoms with E-state index < -0.39 is 0 Å². The Morgan fingerprint density at radius 2 is 1.93 bits per heavy atom. The summed E-state index contributed by atoms with van der Waals surface area (Å²) in [6.07, 6.45) is 12.4. The van der Waals surface area contributed by atoms with Gasteiger partial charge in [-0.2, -0.15) is 0 Å². The van der Waals surface area contributed by atoms with E-state index >= 15 is 0 Å². The number of hydrogen-bond donors (Lipinski definition) is 1. The van der Waals surface area contributed by atoms with Gasteiger partial charge in [0.2, 0.25) is 0 Å². The van der Waals surface area contributed by atoms with E-state index in [0.29, 0.717) is 0 Å². The third kappa shape index (κ3) is 3.84. The number of aliphatic imine (C=N–C) groups is 1. The van der Waals surface area contributed by atoms with Gasteiger partial charge in [0, 0.05) is 19.5 Å². The minimum absolute atomic E-state index is 1.00. The lowest BCUT2D eigenvalue weighted by Gasteiger charge is -2.11. The van der Waals surface area contributed by atoms with E-state index in [9.17, 15) is 0 Å². The van der Waals surface area contributed by atoms with Gasteiger partial charge in [-0.05, 0) is 25.2 Å². The van der Waals surface area contributed by atoms with E-state index in [2.05, 4.69) is 10.3 Å². The summed E-state index contributed by atoms with van der Waals surface area (Å²) in [7, 11) is 0. The smallest absolute Gasteiger partial charge is 0.0963 e. The number of hydrogen-bond acceptors (Lipinski definition) is 2. The summed E-state index contributed by atoms with van der Waals surface area (Å²) >= 11 is 0. The van der Waals surface area contributed by atoms with Crippen molar-refractivity contribution in [2.45, 2.75) is 57.8 Å². The minimum atomic E-state index is 1.00. The highest BCUT2D eigenvalue weighted by Crippen LogP contribution is 2.26. The van der Waals surface area contributed by atoms with Crippen molar-refractivity contribution < 1.29 is 0 Å².